The van der Waals surface area contributed by atoms with Crippen LogP contribution in [0.15, 0.2) is 18.2 Å². The van der Waals surface area contributed by atoms with E-state index in [4.69, 9.17) is 5.21 Å². The number of benzene rings is 1. The van der Waals surface area contributed by atoms with Crippen molar-refractivity contribution in [2.24, 2.45) is 5.92 Å². The first kappa shape index (κ1) is 23.2. The van der Waals surface area contributed by atoms with Gasteiger partial charge in [-0.05, 0) is 69.3 Å². The molecular weight excluding hydrogens is 434 g/mol. The summed E-state index contributed by atoms with van der Waals surface area (Å²) in [5.41, 5.74) is 3.09. The van der Waals surface area contributed by atoms with Crippen molar-refractivity contribution in [2.75, 3.05) is 19.3 Å². The summed E-state index contributed by atoms with van der Waals surface area (Å²) in [6.07, 6.45) is 3.40. The lowest BCUT2D eigenvalue weighted by Gasteiger charge is -2.24. The fourth-order valence-corrected chi connectivity index (χ4v) is 5.16. The number of rotatable bonds is 5. The van der Waals surface area contributed by atoms with Gasteiger partial charge in [0, 0.05) is 24.2 Å². The van der Waals surface area contributed by atoms with Crippen LogP contribution >= 0.6 is 11.3 Å². The maximum absolute atomic E-state index is 12.1. The summed E-state index contributed by atoms with van der Waals surface area (Å²) in [6.45, 7) is 3.32. The van der Waals surface area contributed by atoms with Crippen molar-refractivity contribution >= 4 is 37.3 Å². The Labute approximate surface area is 186 Å². The van der Waals surface area contributed by atoms with Gasteiger partial charge < -0.3 is 5.32 Å². The third-order valence-electron chi connectivity index (χ3n) is 5.53. The van der Waals surface area contributed by atoms with Crippen molar-refractivity contribution in [3.8, 4) is 23.7 Å². The van der Waals surface area contributed by atoms with E-state index >= 15 is 0 Å². The standard InChI is InChI=1S/C22H25N3O4S2/c1-22(21(26)25-27,31(2,28)29)12-9-20-24-18-8-7-17(15-19(18)30-20)6-4-3-5-16-10-13-23-14-11-16/h7-8,15-16,23,27H,9-14H2,1-2H3,(H,25,26). The van der Waals surface area contributed by atoms with Gasteiger partial charge >= 0.3 is 0 Å². The van der Waals surface area contributed by atoms with E-state index in [-0.39, 0.29) is 6.42 Å². The molecule has 164 valence electrons. The molecule has 1 aromatic heterocycles. The van der Waals surface area contributed by atoms with Gasteiger partial charge in [0.2, 0.25) is 0 Å². The first-order valence-electron chi connectivity index (χ1n) is 9.99. The van der Waals surface area contributed by atoms with E-state index in [1.54, 1.807) is 0 Å². The molecule has 1 unspecified atom stereocenters. The second-order valence-corrected chi connectivity index (χ2v) is 11.3. The van der Waals surface area contributed by atoms with Crippen molar-refractivity contribution in [1.82, 2.24) is 15.8 Å². The Bertz CT molecular complexity index is 1190. The molecule has 31 heavy (non-hydrogen) atoms. The molecule has 1 fully saturated rings. The van der Waals surface area contributed by atoms with E-state index in [0.29, 0.717) is 17.3 Å². The van der Waals surface area contributed by atoms with Gasteiger partial charge in [-0.1, -0.05) is 11.8 Å². The van der Waals surface area contributed by atoms with Crippen molar-refractivity contribution < 1.29 is 18.4 Å². The molecule has 3 rings (SSSR count). The van der Waals surface area contributed by atoms with Gasteiger partial charge in [0.1, 0.15) is 4.75 Å². The summed E-state index contributed by atoms with van der Waals surface area (Å²) in [6, 6.07) is 5.69. The monoisotopic (exact) mass is 459 g/mol. The Morgan fingerprint density at radius 3 is 2.77 bits per heavy atom. The maximum atomic E-state index is 12.1. The van der Waals surface area contributed by atoms with Crippen LogP contribution in [-0.4, -0.2) is 48.6 Å². The van der Waals surface area contributed by atoms with Crippen molar-refractivity contribution in [1.29, 1.82) is 0 Å². The van der Waals surface area contributed by atoms with Gasteiger partial charge in [-0.25, -0.2) is 18.9 Å². The zero-order valence-corrected chi connectivity index (χ0v) is 19.1. The Balaban J connectivity index is 1.72. The number of sulfone groups is 1. The number of aryl methyl sites for hydroxylation is 1. The molecule has 0 aliphatic carbocycles. The Kier molecular flexibility index (Phi) is 7.34. The van der Waals surface area contributed by atoms with E-state index < -0.39 is 20.5 Å². The minimum Gasteiger partial charge on any atom is -0.317 e. The minimum atomic E-state index is -3.73. The van der Waals surface area contributed by atoms with E-state index in [9.17, 15) is 13.2 Å². The highest BCUT2D eigenvalue weighted by Gasteiger charge is 2.43. The highest BCUT2D eigenvalue weighted by molar-refractivity contribution is 7.92. The number of nitrogens with zero attached hydrogens (tertiary/aromatic N) is 1. The number of fused-ring (bicyclic) bond motifs is 1. The van der Waals surface area contributed by atoms with Gasteiger partial charge in [-0.15, -0.1) is 11.3 Å². The molecule has 1 aliphatic rings. The summed E-state index contributed by atoms with van der Waals surface area (Å²) in [4.78, 5) is 16.5. The van der Waals surface area contributed by atoms with E-state index in [1.807, 2.05) is 18.2 Å². The third kappa shape index (κ3) is 5.63. The van der Waals surface area contributed by atoms with Crippen LogP contribution in [0.1, 0.15) is 36.8 Å². The Hall–Kier alpha value is -2.43. The lowest BCUT2D eigenvalue weighted by atomic mass is 9.99. The minimum absolute atomic E-state index is 0.0109. The topological polar surface area (TPSA) is 108 Å². The lowest BCUT2D eigenvalue weighted by Crippen LogP contribution is -2.49. The highest BCUT2D eigenvalue weighted by atomic mass is 32.2. The number of amides is 1. The second kappa shape index (κ2) is 9.80. The number of carbonyl (C=O) groups excluding carboxylic acids is 1. The van der Waals surface area contributed by atoms with Crippen LogP contribution in [0, 0.1) is 29.6 Å². The smallest absolute Gasteiger partial charge is 0.264 e. The quantitative estimate of drug-likeness (QED) is 0.358. The predicted octanol–water partition coefficient (Wildman–Crippen LogP) is 1.89. The van der Waals surface area contributed by atoms with Crippen molar-refractivity contribution in [2.45, 2.75) is 37.4 Å². The van der Waals surface area contributed by atoms with E-state index in [1.165, 1.54) is 23.7 Å². The molecular formula is C22H25N3O4S2. The van der Waals surface area contributed by atoms with E-state index in [0.717, 1.165) is 48.0 Å². The van der Waals surface area contributed by atoms with Crippen molar-refractivity contribution in [3.05, 3.63) is 28.8 Å². The average Bonchev–Trinajstić information content (AvgIpc) is 3.16. The summed E-state index contributed by atoms with van der Waals surface area (Å²) in [5.74, 6) is 11.6. The van der Waals surface area contributed by atoms with Gasteiger partial charge in [0.05, 0.1) is 15.2 Å². The molecule has 1 saturated heterocycles. The number of hydrogen-bond donors (Lipinski definition) is 3. The number of aromatic nitrogens is 1. The summed E-state index contributed by atoms with van der Waals surface area (Å²) < 4.78 is 23.4. The number of carbonyl (C=O) groups is 1. The lowest BCUT2D eigenvalue weighted by molar-refractivity contribution is -0.131. The zero-order valence-electron chi connectivity index (χ0n) is 17.5. The second-order valence-electron chi connectivity index (χ2n) is 7.78. The first-order chi connectivity index (χ1) is 14.7. The van der Waals surface area contributed by atoms with Crippen LogP contribution in [-0.2, 0) is 21.1 Å². The summed E-state index contributed by atoms with van der Waals surface area (Å²) in [5, 5.41) is 13.0. The molecule has 0 spiro atoms. The fourth-order valence-electron chi connectivity index (χ4n) is 3.30. The van der Waals surface area contributed by atoms with Gasteiger partial charge in [0.15, 0.2) is 9.84 Å². The Morgan fingerprint density at radius 1 is 1.35 bits per heavy atom. The molecule has 0 radical (unpaired) electrons. The first-order valence-corrected chi connectivity index (χ1v) is 12.7. The number of hydrogen-bond acceptors (Lipinski definition) is 7. The largest absolute Gasteiger partial charge is 0.317 e. The maximum Gasteiger partial charge on any atom is 0.264 e. The highest BCUT2D eigenvalue weighted by Crippen LogP contribution is 2.28. The zero-order chi connectivity index (χ0) is 22.5. The molecule has 1 aliphatic heterocycles. The molecule has 0 bridgehead atoms. The molecule has 7 nitrogen and oxygen atoms in total. The van der Waals surface area contributed by atoms with Crippen LogP contribution < -0.4 is 10.8 Å². The molecule has 2 heterocycles. The Morgan fingerprint density at radius 2 is 2.10 bits per heavy atom. The summed E-state index contributed by atoms with van der Waals surface area (Å²) in [7, 11) is -3.73. The molecule has 9 heteroatoms. The normalized spacial score (nSPS) is 16.5. The third-order valence-corrected chi connectivity index (χ3v) is 8.64. The van der Waals surface area contributed by atoms with Crippen LogP contribution in [0.2, 0.25) is 0 Å². The van der Waals surface area contributed by atoms with Crippen LogP contribution in [0.4, 0.5) is 0 Å². The predicted molar refractivity (Wildman–Crippen MR) is 121 cm³/mol. The van der Waals surface area contributed by atoms with Gasteiger partial charge in [-0.3, -0.25) is 10.0 Å². The van der Waals surface area contributed by atoms with E-state index in [2.05, 4.69) is 34.0 Å². The number of hydroxylamine groups is 1. The van der Waals surface area contributed by atoms with Crippen LogP contribution in [0.25, 0.3) is 10.2 Å². The van der Waals surface area contributed by atoms with Crippen LogP contribution in [0.3, 0.4) is 0 Å². The van der Waals surface area contributed by atoms with Gasteiger partial charge in [-0.2, -0.15) is 0 Å². The number of nitrogens with one attached hydrogen (secondary N) is 2. The molecule has 2 aromatic rings. The molecule has 1 amide bonds. The summed E-state index contributed by atoms with van der Waals surface area (Å²) >= 11 is 1.43. The van der Waals surface area contributed by atoms with Crippen molar-refractivity contribution in [3.63, 3.8) is 0 Å². The molecule has 1 aromatic carbocycles. The average molecular weight is 460 g/mol. The van der Waals surface area contributed by atoms with Gasteiger partial charge in [0.25, 0.3) is 5.91 Å². The SMILES string of the molecule is CC(CCc1nc2ccc(C#CC#CC3CCNCC3)cc2s1)(C(=O)NO)S(C)(=O)=O. The number of thiazole rings is 1. The fraction of sp³-hybridized carbons (Fsp3) is 0.455. The molecule has 1 atom stereocenters. The van der Waals surface area contributed by atoms with Crippen LogP contribution in [0.5, 0.6) is 0 Å². The molecule has 3 N–H and O–H groups in total. The number of piperidine rings is 1. The molecule has 0 saturated carbocycles.